The SMILES string of the molecule is CCCCCCCCCCCCCCCCNS(=O)(=O)c1ccc(Cl)c(NS(=O)(=O)c2ccc(Cl)c(NC(=O)CC(=O)N3CCc4ccccc43)c2)c1. The highest BCUT2D eigenvalue weighted by Gasteiger charge is 2.26. The van der Waals surface area contributed by atoms with Gasteiger partial charge in [-0.25, -0.2) is 21.6 Å². The minimum absolute atomic E-state index is 0.00992. The molecule has 0 bridgehead atoms. The Morgan fingerprint density at radius 3 is 1.83 bits per heavy atom. The summed E-state index contributed by atoms with van der Waals surface area (Å²) in [6.45, 7) is 2.97. The molecule has 3 aromatic rings. The van der Waals surface area contributed by atoms with Crippen molar-refractivity contribution in [2.45, 2.75) is 119 Å². The Hall–Kier alpha value is -3.16. The second-order valence-electron chi connectivity index (χ2n) is 13.5. The van der Waals surface area contributed by atoms with E-state index in [9.17, 15) is 26.4 Å². The number of benzene rings is 3. The first kappa shape index (κ1) is 42.6. The van der Waals surface area contributed by atoms with Crippen LogP contribution in [0.2, 0.25) is 10.0 Å². The van der Waals surface area contributed by atoms with Crippen molar-refractivity contribution in [1.82, 2.24) is 4.72 Å². The standard InChI is InChI=1S/C39H52Cl2N4O6S2/c1-2-3-4-5-6-7-8-9-10-11-12-13-14-17-25-42-52(48,49)31-20-23-34(41)36(28-31)44-53(50,51)32-21-22-33(40)35(27-32)43-38(46)29-39(47)45-26-24-30-18-15-16-19-37(30)45/h15-16,18-23,27-28,42,44H,2-14,17,24-26,29H2,1H3,(H,43,46). The summed E-state index contributed by atoms with van der Waals surface area (Å²) in [4.78, 5) is 26.9. The van der Waals surface area contributed by atoms with Gasteiger partial charge in [-0.1, -0.05) is 132 Å². The summed E-state index contributed by atoms with van der Waals surface area (Å²) in [6, 6.07) is 15.0. The molecule has 0 aromatic heterocycles. The van der Waals surface area contributed by atoms with Crippen molar-refractivity contribution in [3.05, 3.63) is 76.3 Å². The largest absolute Gasteiger partial charge is 0.324 e. The van der Waals surface area contributed by atoms with E-state index in [1.54, 1.807) is 4.90 Å². The van der Waals surface area contributed by atoms with Gasteiger partial charge in [0.05, 0.1) is 31.2 Å². The van der Waals surface area contributed by atoms with E-state index in [-0.39, 0.29) is 37.8 Å². The van der Waals surface area contributed by atoms with Gasteiger partial charge < -0.3 is 10.2 Å². The van der Waals surface area contributed by atoms with Crippen molar-refractivity contribution >= 4 is 72.1 Å². The van der Waals surface area contributed by atoms with Crippen LogP contribution in [-0.2, 0) is 36.1 Å². The second-order valence-corrected chi connectivity index (χ2v) is 17.8. The number of nitrogens with one attached hydrogen (secondary N) is 3. The van der Waals surface area contributed by atoms with Crippen molar-refractivity contribution in [1.29, 1.82) is 0 Å². The first-order valence-corrected chi connectivity index (χ1v) is 22.4. The Kier molecular flexibility index (Phi) is 16.9. The van der Waals surface area contributed by atoms with E-state index in [1.165, 1.54) is 88.5 Å². The third-order valence-electron chi connectivity index (χ3n) is 9.34. The molecule has 53 heavy (non-hydrogen) atoms. The predicted octanol–water partition coefficient (Wildman–Crippen LogP) is 9.47. The van der Waals surface area contributed by atoms with Crippen LogP contribution in [0, 0.1) is 0 Å². The molecule has 0 atom stereocenters. The number of unbranched alkanes of at least 4 members (excludes halogenated alkanes) is 13. The number of hydrogen-bond donors (Lipinski definition) is 3. The second kappa shape index (κ2) is 21.1. The maximum absolute atomic E-state index is 13.4. The van der Waals surface area contributed by atoms with E-state index in [1.807, 2.05) is 24.3 Å². The molecule has 1 aliphatic rings. The fraction of sp³-hybridized carbons (Fsp3) is 0.487. The highest BCUT2D eigenvalue weighted by atomic mass is 35.5. The van der Waals surface area contributed by atoms with E-state index < -0.39 is 38.3 Å². The van der Waals surface area contributed by atoms with Gasteiger partial charge in [0, 0.05) is 18.8 Å². The van der Waals surface area contributed by atoms with Crippen LogP contribution in [0.5, 0.6) is 0 Å². The molecular weight excluding hydrogens is 755 g/mol. The summed E-state index contributed by atoms with van der Waals surface area (Å²) in [5.74, 6) is -1.06. The lowest BCUT2D eigenvalue weighted by atomic mass is 10.0. The van der Waals surface area contributed by atoms with Gasteiger partial charge in [-0.15, -0.1) is 0 Å². The quantitative estimate of drug-likeness (QED) is 0.0644. The molecule has 290 valence electrons. The number of anilines is 3. The minimum atomic E-state index is -4.32. The van der Waals surface area contributed by atoms with Crippen LogP contribution in [0.4, 0.5) is 17.1 Å². The minimum Gasteiger partial charge on any atom is -0.324 e. The number of fused-ring (bicyclic) bond motifs is 1. The molecule has 1 heterocycles. The van der Waals surface area contributed by atoms with Gasteiger partial charge in [0.2, 0.25) is 21.8 Å². The molecule has 10 nitrogen and oxygen atoms in total. The van der Waals surface area contributed by atoms with Gasteiger partial charge in [-0.3, -0.25) is 14.3 Å². The van der Waals surface area contributed by atoms with Crippen molar-refractivity contribution in [2.24, 2.45) is 0 Å². The summed E-state index contributed by atoms with van der Waals surface area (Å²) in [6.07, 6.45) is 17.1. The molecule has 14 heteroatoms. The summed E-state index contributed by atoms with van der Waals surface area (Å²) in [5.41, 5.74) is 1.64. The number of sulfonamides is 2. The zero-order chi connectivity index (χ0) is 38.3. The lowest BCUT2D eigenvalue weighted by molar-refractivity contribution is -0.125. The van der Waals surface area contributed by atoms with Crippen LogP contribution in [-0.4, -0.2) is 41.7 Å². The first-order chi connectivity index (χ1) is 25.4. The molecule has 3 aromatic carbocycles. The van der Waals surface area contributed by atoms with Crippen LogP contribution >= 0.6 is 23.2 Å². The number of carbonyl (C=O) groups is 2. The number of nitrogens with zero attached hydrogens (tertiary/aromatic N) is 1. The summed E-state index contributed by atoms with van der Waals surface area (Å²) in [7, 11) is -8.26. The molecule has 2 amide bonds. The van der Waals surface area contributed by atoms with Gasteiger partial charge >= 0.3 is 0 Å². The van der Waals surface area contributed by atoms with Crippen LogP contribution < -0.4 is 19.7 Å². The molecule has 4 rings (SSSR count). The maximum Gasteiger partial charge on any atom is 0.262 e. The number of carbonyl (C=O) groups excluding carboxylic acids is 2. The zero-order valence-corrected chi connectivity index (χ0v) is 33.6. The number of hydrogen-bond acceptors (Lipinski definition) is 6. The van der Waals surface area contributed by atoms with Gasteiger partial charge in [-0.2, -0.15) is 0 Å². The normalized spacial score (nSPS) is 12.8. The predicted molar refractivity (Wildman–Crippen MR) is 215 cm³/mol. The van der Waals surface area contributed by atoms with Gasteiger partial charge in [0.15, 0.2) is 0 Å². The van der Waals surface area contributed by atoms with Crippen LogP contribution in [0.3, 0.4) is 0 Å². The van der Waals surface area contributed by atoms with Crippen LogP contribution in [0.25, 0.3) is 0 Å². The highest BCUT2D eigenvalue weighted by Crippen LogP contribution is 2.31. The summed E-state index contributed by atoms with van der Waals surface area (Å²) in [5, 5.41) is 2.59. The average molecular weight is 808 g/mol. The first-order valence-electron chi connectivity index (χ1n) is 18.7. The van der Waals surface area contributed by atoms with E-state index in [0.29, 0.717) is 19.4 Å². The molecule has 0 saturated carbocycles. The Labute approximate surface area is 325 Å². The van der Waals surface area contributed by atoms with E-state index in [2.05, 4.69) is 21.7 Å². The molecule has 0 spiro atoms. The zero-order valence-electron chi connectivity index (χ0n) is 30.5. The summed E-state index contributed by atoms with van der Waals surface area (Å²) >= 11 is 12.6. The smallest absolute Gasteiger partial charge is 0.262 e. The van der Waals surface area contributed by atoms with Crippen molar-refractivity contribution in [3.8, 4) is 0 Å². The van der Waals surface area contributed by atoms with Gasteiger partial charge in [0.1, 0.15) is 6.42 Å². The van der Waals surface area contributed by atoms with Crippen molar-refractivity contribution in [2.75, 3.05) is 28.0 Å². The van der Waals surface area contributed by atoms with Crippen LogP contribution in [0.1, 0.15) is 109 Å². The molecule has 0 aliphatic carbocycles. The maximum atomic E-state index is 13.4. The fourth-order valence-corrected chi connectivity index (χ4v) is 8.94. The van der Waals surface area contributed by atoms with E-state index >= 15 is 0 Å². The summed E-state index contributed by atoms with van der Waals surface area (Å²) < 4.78 is 57.9. The van der Waals surface area contributed by atoms with Crippen molar-refractivity contribution < 1.29 is 26.4 Å². The molecule has 3 N–H and O–H groups in total. The third kappa shape index (κ3) is 13.3. The monoisotopic (exact) mass is 806 g/mol. The number of amides is 2. The lowest BCUT2D eigenvalue weighted by Crippen LogP contribution is -2.32. The van der Waals surface area contributed by atoms with Gasteiger partial charge in [0.25, 0.3) is 10.0 Å². The third-order valence-corrected chi connectivity index (χ3v) is 12.8. The molecule has 0 unspecified atom stereocenters. The molecule has 1 aliphatic heterocycles. The lowest BCUT2D eigenvalue weighted by Gasteiger charge is -2.17. The molecule has 0 saturated heterocycles. The van der Waals surface area contributed by atoms with Crippen LogP contribution in [0.15, 0.2) is 70.5 Å². The van der Waals surface area contributed by atoms with E-state index in [4.69, 9.17) is 23.2 Å². The number of rotatable bonds is 23. The molecule has 0 fully saturated rings. The average Bonchev–Trinajstić information content (AvgIpc) is 3.56. The van der Waals surface area contributed by atoms with Crippen molar-refractivity contribution in [3.63, 3.8) is 0 Å². The fourth-order valence-electron chi connectivity index (χ4n) is 6.35. The Balaban J connectivity index is 1.24. The number of halogens is 2. The topological polar surface area (TPSA) is 142 Å². The Morgan fingerprint density at radius 1 is 0.679 bits per heavy atom. The highest BCUT2D eigenvalue weighted by molar-refractivity contribution is 7.92. The molecule has 0 radical (unpaired) electrons. The van der Waals surface area contributed by atoms with Gasteiger partial charge in [-0.05, 0) is 60.9 Å². The number of para-hydroxylation sites is 1. The van der Waals surface area contributed by atoms with E-state index in [0.717, 1.165) is 42.6 Å². The Bertz CT molecular complexity index is 1910. The Morgan fingerprint density at radius 2 is 1.21 bits per heavy atom. The molecular formula is C39H52Cl2N4O6S2.